The molecule has 1 spiro atoms. The second-order valence-electron chi connectivity index (χ2n) is 13.9. The maximum absolute atomic E-state index is 13.3. The molecule has 0 aromatic heterocycles. The Morgan fingerprint density at radius 2 is 1.93 bits per heavy atom. The van der Waals surface area contributed by atoms with Gasteiger partial charge >= 0.3 is 5.97 Å². The van der Waals surface area contributed by atoms with E-state index in [1.807, 2.05) is 25.1 Å². The van der Waals surface area contributed by atoms with Crippen LogP contribution in [0.3, 0.4) is 0 Å². The molecule has 44 heavy (non-hydrogen) atoms. The van der Waals surface area contributed by atoms with Crippen LogP contribution in [0.2, 0.25) is 5.02 Å². The van der Waals surface area contributed by atoms with Crippen molar-refractivity contribution in [3.63, 3.8) is 0 Å². The second kappa shape index (κ2) is 11.4. The van der Waals surface area contributed by atoms with Gasteiger partial charge in [0.1, 0.15) is 5.75 Å². The zero-order chi connectivity index (χ0) is 31.4. The monoisotopic (exact) mass is 622 g/mol. The second-order valence-corrected chi connectivity index (χ2v) is 14.3. The Kier molecular flexibility index (Phi) is 8.00. The van der Waals surface area contributed by atoms with Crippen molar-refractivity contribution >= 4 is 29.2 Å². The summed E-state index contributed by atoms with van der Waals surface area (Å²) in [5, 5.41) is 34.0. The molecule has 2 aliphatic carbocycles. The third kappa shape index (κ3) is 5.29. The summed E-state index contributed by atoms with van der Waals surface area (Å²) in [4.78, 5) is 29.7. The number of fused-ring (bicyclic) bond motifs is 4. The van der Waals surface area contributed by atoms with E-state index in [9.17, 15) is 24.9 Å². The molecule has 2 unspecified atom stereocenters. The maximum atomic E-state index is 13.3. The Bertz CT molecular complexity index is 1500. The van der Waals surface area contributed by atoms with Crippen molar-refractivity contribution in [1.29, 1.82) is 0 Å². The van der Waals surface area contributed by atoms with Crippen LogP contribution < -0.4 is 9.64 Å². The fourth-order valence-electron chi connectivity index (χ4n) is 7.97. The van der Waals surface area contributed by atoms with E-state index in [1.54, 1.807) is 25.2 Å². The Hall–Kier alpha value is -3.07. The molecule has 236 valence electrons. The highest BCUT2D eigenvalue weighted by Crippen LogP contribution is 2.52. The van der Waals surface area contributed by atoms with Gasteiger partial charge in [-0.15, -0.1) is 0 Å². The lowest BCUT2D eigenvalue weighted by atomic mass is 9.58. The van der Waals surface area contributed by atoms with E-state index in [4.69, 9.17) is 16.3 Å². The number of aryl methyl sites for hydroxylation is 1. The van der Waals surface area contributed by atoms with Crippen molar-refractivity contribution < 1.29 is 29.6 Å². The minimum atomic E-state index is -2.42. The molecular weight excluding hydrogens is 580 g/mol. The normalized spacial score (nSPS) is 34.7. The van der Waals surface area contributed by atoms with Crippen LogP contribution in [0.5, 0.6) is 5.75 Å². The SMILES string of the molecule is C[C@@H]1C/C=C/[C@H](O)[C@@H]2CCC2(C)CN2C[C@@]3(CCCc4cc(Cl)ccc43)COc3ccc(cc32)C(O)(C(=O)O)CC(=O)N1C. The quantitative estimate of drug-likeness (QED) is 0.381. The van der Waals surface area contributed by atoms with Crippen LogP contribution >= 0.6 is 11.6 Å². The number of carbonyl (C=O) groups excluding carboxylic acids is 1. The van der Waals surface area contributed by atoms with Gasteiger partial charge < -0.3 is 29.9 Å². The number of halogens is 1. The van der Waals surface area contributed by atoms with Gasteiger partial charge in [0.2, 0.25) is 5.91 Å². The third-order valence-corrected chi connectivity index (χ3v) is 11.3. The highest BCUT2D eigenvalue weighted by Gasteiger charge is 2.50. The Balaban J connectivity index is 1.49. The fourth-order valence-corrected chi connectivity index (χ4v) is 8.16. The van der Waals surface area contributed by atoms with E-state index in [2.05, 4.69) is 24.0 Å². The number of amides is 1. The lowest BCUT2D eigenvalue weighted by molar-refractivity contribution is -0.165. The number of anilines is 1. The number of carboxylic acids is 1. The number of carboxylic acid groups (broad SMARTS) is 1. The molecule has 1 fully saturated rings. The fraction of sp³-hybridized carbons (Fsp3) is 0.543. The molecule has 2 aromatic rings. The smallest absolute Gasteiger partial charge is 0.340 e. The van der Waals surface area contributed by atoms with Crippen LogP contribution in [-0.4, -0.2) is 71.0 Å². The van der Waals surface area contributed by atoms with Gasteiger partial charge in [0.25, 0.3) is 0 Å². The van der Waals surface area contributed by atoms with Crippen molar-refractivity contribution in [1.82, 2.24) is 4.90 Å². The molecular formula is C35H43ClN2O6. The average molecular weight is 623 g/mol. The summed E-state index contributed by atoms with van der Waals surface area (Å²) >= 11 is 6.41. The summed E-state index contributed by atoms with van der Waals surface area (Å²) < 4.78 is 6.57. The molecule has 1 amide bonds. The molecule has 0 radical (unpaired) electrons. The van der Waals surface area contributed by atoms with Gasteiger partial charge in [0.05, 0.1) is 24.8 Å². The molecule has 9 heteroatoms. The van der Waals surface area contributed by atoms with Crippen LogP contribution in [0.15, 0.2) is 48.6 Å². The lowest BCUT2D eigenvalue weighted by Gasteiger charge is -2.52. The molecule has 8 nitrogen and oxygen atoms in total. The summed E-state index contributed by atoms with van der Waals surface area (Å²) in [6, 6.07) is 10.9. The average Bonchev–Trinajstić information content (AvgIpc) is 3.12. The van der Waals surface area contributed by atoms with Crippen molar-refractivity contribution in [2.24, 2.45) is 11.3 Å². The van der Waals surface area contributed by atoms with E-state index >= 15 is 0 Å². The van der Waals surface area contributed by atoms with Crippen LogP contribution in [-0.2, 0) is 27.0 Å². The number of hydrogen-bond donors (Lipinski definition) is 3. The molecule has 4 aliphatic rings. The van der Waals surface area contributed by atoms with Crippen molar-refractivity contribution in [3.8, 4) is 5.75 Å². The first-order chi connectivity index (χ1) is 20.8. The van der Waals surface area contributed by atoms with Crippen molar-refractivity contribution in [2.45, 2.75) is 82.0 Å². The summed E-state index contributed by atoms with van der Waals surface area (Å²) in [7, 11) is 1.62. The predicted octanol–water partition coefficient (Wildman–Crippen LogP) is 5.06. The number of aliphatic carboxylic acids is 1. The van der Waals surface area contributed by atoms with Crippen LogP contribution in [0, 0.1) is 11.3 Å². The highest BCUT2D eigenvalue weighted by molar-refractivity contribution is 6.30. The molecule has 1 saturated carbocycles. The summed E-state index contributed by atoms with van der Waals surface area (Å²) in [6.07, 6.45) is 7.73. The minimum absolute atomic E-state index is 0.0430. The van der Waals surface area contributed by atoms with Crippen LogP contribution in [0.4, 0.5) is 5.69 Å². The third-order valence-electron chi connectivity index (χ3n) is 11.0. The molecule has 6 rings (SSSR count). The van der Waals surface area contributed by atoms with Crippen molar-refractivity contribution in [3.05, 3.63) is 70.3 Å². The number of hydrogen-bond acceptors (Lipinski definition) is 6. The molecule has 3 N–H and O–H groups in total. The van der Waals surface area contributed by atoms with Gasteiger partial charge in [-0.25, -0.2) is 4.79 Å². The summed E-state index contributed by atoms with van der Waals surface area (Å²) in [5.74, 6) is -1.30. The first-order valence-electron chi connectivity index (χ1n) is 15.7. The number of aliphatic hydroxyl groups excluding tert-OH is 1. The van der Waals surface area contributed by atoms with Gasteiger partial charge in [-0.2, -0.15) is 0 Å². The Morgan fingerprint density at radius 1 is 1.14 bits per heavy atom. The maximum Gasteiger partial charge on any atom is 0.340 e. The molecule has 2 aromatic carbocycles. The standard InChI is InChI=1S/C35H43ClN2O6/c1-22-6-4-8-29(39)27-13-15-33(27,2)19-38-20-34(14-5-7-23-16-25(36)10-11-26(23)34)21-44-30-12-9-24(17-28(30)38)35(43,32(41)42)18-31(40)37(22)3/h4,8-12,16-17,22,27,29,39,43H,5-7,13-15,18-21H2,1-3H3,(H,41,42)/b8-4+/t22-,27+,29+,33?,34+,35?/m1/s1. The van der Waals surface area contributed by atoms with E-state index in [-0.39, 0.29) is 28.4 Å². The van der Waals surface area contributed by atoms with Gasteiger partial charge in [0, 0.05) is 36.6 Å². The van der Waals surface area contributed by atoms with E-state index in [1.165, 1.54) is 16.0 Å². The molecule has 6 atom stereocenters. The topological polar surface area (TPSA) is 111 Å². The lowest BCUT2D eigenvalue weighted by Crippen LogP contribution is -2.54. The first-order valence-corrected chi connectivity index (χ1v) is 16.1. The van der Waals surface area contributed by atoms with Crippen LogP contribution in [0.25, 0.3) is 0 Å². The molecule has 2 aliphatic heterocycles. The minimum Gasteiger partial charge on any atom is -0.490 e. The molecule has 0 saturated heterocycles. The van der Waals surface area contributed by atoms with Crippen LogP contribution in [0.1, 0.15) is 69.1 Å². The molecule has 2 bridgehead atoms. The number of aliphatic hydroxyl groups is 2. The zero-order valence-corrected chi connectivity index (χ0v) is 26.5. The van der Waals surface area contributed by atoms with E-state index in [0.717, 1.165) is 32.1 Å². The number of rotatable bonds is 1. The number of nitrogens with zero attached hydrogens (tertiary/aromatic N) is 2. The number of carbonyl (C=O) groups is 2. The van der Waals surface area contributed by atoms with Gasteiger partial charge in [-0.3, -0.25) is 4.79 Å². The van der Waals surface area contributed by atoms with Gasteiger partial charge in [-0.1, -0.05) is 42.8 Å². The Morgan fingerprint density at radius 3 is 2.66 bits per heavy atom. The Labute approximate surface area is 264 Å². The van der Waals surface area contributed by atoms with Crippen molar-refractivity contribution in [2.75, 3.05) is 31.6 Å². The van der Waals surface area contributed by atoms with Gasteiger partial charge in [0.15, 0.2) is 5.60 Å². The predicted molar refractivity (Wildman–Crippen MR) is 169 cm³/mol. The highest BCUT2D eigenvalue weighted by atomic mass is 35.5. The molecule has 2 heterocycles. The first kappa shape index (κ1) is 30.9. The number of benzene rings is 2. The summed E-state index contributed by atoms with van der Waals surface area (Å²) in [6.45, 7) is 5.78. The summed E-state index contributed by atoms with van der Waals surface area (Å²) in [5.41, 5.74) is 0.313. The number of ether oxygens (including phenoxy) is 1. The van der Waals surface area contributed by atoms with Gasteiger partial charge in [-0.05, 0) is 97.7 Å². The van der Waals surface area contributed by atoms with E-state index < -0.39 is 30.0 Å². The zero-order valence-electron chi connectivity index (χ0n) is 25.8. The van der Waals surface area contributed by atoms with E-state index in [0.29, 0.717) is 42.6 Å². The largest absolute Gasteiger partial charge is 0.490 e.